The molecule has 0 saturated carbocycles. The first kappa shape index (κ1) is 16.3. The van der Waals surface area contributed by atoms with E-state index < -0.39 is 0 Å². The second-order valence-electron chi connectivity index (χ2n) is 7.22. The van der Waals surface area contributed by atoms with Gasteiger partial charge in [0.25, 0.3) is 0 Å². The average Bonchev–Trinajstić information content (AvgIpc) is 2.43. The van der Waals surface area contributed by atoms with Crippen molar-refractivity contribution in [2.45, 2.75) is 53.6 Å². The molecule has 1 aliphatic rings. The number of piperidine rings is 1. The second-order valence-corrected chi connectivity index (χ2v) is 7.22. The van der Waals surface area contributed by atoms with Crippen LogP contribution in [-0.4, -0.2) is 24.1 Å². The molecule has 118 valence electrons. The molecule has 1 fully saturated rings. The summed E-state index contributed by atoms with van der Waals surface area (Å²) in [4.78, 5) is 7.22. The zero-order valence-corrected chi connectivity index (χ0v) is 14.3. The molecule has 2 rings (SSSR count). The summed E-state index contributed by atoms with van der Waals surface area (Å²) in [6.45, 7) is 14.6. The third kappa shape index (κ3) is 4.19. The molecule has 3 unspecified atom stereocenters. The van der Waals surface area contributed by atoms with Gasteiger partial charge in [0, 0.05) is 30.9 Å². The summed E-state index contributed by atoms with van der Waals surface area (Å²) in [6.07, 6.45) is 3.25. The standard InChI is InChI=1S/C18H31N3/c1-13(2)10-19-11-17-7-6-8-20-18(17)21-12-14(3)9-15(4)16(21)5/h6-8,13-16,19H,9-12H2,1-5H3. The van der Waals surface area contributed by atoms with Crippen molar-refractivity contribution in [3.63, 3.8) is 0 Å². The maximum Gasteiger partial charge on any atom is 0.133 e. The number of pyridine rings is 1. The molecule has 0 radical (unpaired) electrons. The van der Waals surface area contributed by atoms with Gasteiger partial charge in [0.05, 0.1) is 0 Å². The highest BCUT2D eigenvalue weighted by atomic mass is 15.2. The summed E-state index contributed by atoms with van der Waals surface area (Å²) < 4.78 is 0. The lowest BCUT2D eigenvalue weighted by Gasteiger charge is -2.42. The highest BCUT2D eigenvalue weighted by Crippen LogP contribution is 2.31. The maximum atomic E-state index is 4.71. The lowest BCUT2D eigenvalue weighted by Crippen LogP contribution is -2.46. The SMILES string of the molecule is CC(C)CNCc1cccnc1N1CC(C)CC(C)C1C. The van der Waals surface area contributed by atoms with Crippen molar-refractivity contribution in [2.75, 3.05) is 18.0 Å². The molecule has 0 aromatic carbocycles. The minimum Gasteiger partial charge on any atom is -0.353 e. The van der Waals surface area contributed by atoms with Gasteiger partial charge in [0.1, 0.15) is 5.82 Å². The Hall–Kier alpha value is -1.09. The van der Waals surface area contributed by atoms with Crippen molar-refractivity contribution < 1.29 is 0 Å². The fourth-order valence-corrected chi connectivity index (χ4v) is 3.32. The summed E-state index contributed by atoms with van der Waals surface area (Å²) in [5, 5.41) is 3.55. The van der Waals surface area contributed by atoms with Crippen LogP contribution in [0.1, 0.15) is 46.6 Å². The zero-order valence-electron chi connectivity index (χ0n) is 14.3. The van der Waals surface area contributed by atoms with Crippen LogP contribution in [-0.2, 0) is 6.54 Å². The van der Waals surface area contributed by atoms with Gasteiger partial charge in [-0.25, -0.2) is 4.98 Å². The van der Waals surface area contributed by atoms with E-state index in [1.807, 2.05) is 6.20 Å². The summed E-state index contributed by atoms with van der Waals surface area (Å²) in [5.41, 5.74) is 1.33. The molecular formula is C18H31N3. The first-order valence-electron chi connectivity index (χ1n) is 8.40. The molecule has 1 aromatic rings. The largest absolute Gasteiger partial charge is 0.353 e. The van der Waals surface area contributed by atoms with Gasteiger partial charge in [-0.05, 0) is 43.7 Å². The summed E-state index contributed by atoms with van der Waals surface area (Å²) in [6, 6.07) is 4.84. The molecule has 1 aliphatic heterocycles. The average molecular weight is 289 g/mol. The highest BCUT2D eigenvalue weighted by molar-refractivity contribution is 5.48. The Morgan fingerprint density at radius 2 is 2.10 bits per heavy atom. The zero-order chi connectivity index (χ0) is 15.4. The molecule has 0 amide bonds. The summed E-state index contributed by atoms with van der Waals surface area (Å²) in [7, 11) is 0. The van der Waals surface area contributed by atoms with E-state index in [0.717, 1.165) is 31.5 Å². The lowest BCUT2D eigenvalue weighted by atomic mass is 9.86. The third-order valence-corrected chi connectivity index (χ3v) is 4.61. The molecular weight excluding hydrogens is 258 g/mol. The third-order valence-electron chi connectivity index (χ3n) is 4.61. The number of nitrogens with one attached hydrogen (secondary N) is 1. The van der Waals surface area contributed by atoms with Crippen LogP contribution in [0.2, 0.25) is 0 Å². The van der Waals surface area contributed by atoms with Crippen LogP contribution >= 0.6 is 0 Å². The van der Waals surface area contributed by atoms with E-state index in [2.05, 4.69) is 57.0 Å². The van der Waals surface area contributed by atoms with Crippen molar-refractivity contribution in [3.8, 4) is 0 Å². The van der Waals surface area contributed by atoms with Crippen molar-refractivity contribution in [1.82, 2.24) is 10.3 Å². The minimum atomic E-state index is 0.569. The number of rotatable bonds is 5. The van der Waals surface area contributed by atoms with Gasteiger partial charge in [0.15, 0.2) is 0 Å². The van der Waals surface area contributed by atoms with Crippen molar-refractivity contribution in [1.29, 1.82) is 0 Å². The molecule has 3 heteroatoms. The number of nitrogens with zero attached hydrogens (tertiary/aromatic N) is 2. The van der Waals surface area contributed by atoms with Crippen LogP contribution in [0.3, 0.4) is 0 Å². The molecule has 0 aliphatic carbocycles. The molecule has 2 heterocycles. The Kier molecular flexibility index (Phi) is 5.63. The van der Waals surface area contributed by atoms with Gasteiger partial charge in [0.2, 0.25) is 0 Å². The van der Waals surface area contributed by atoms with Crippen molar-refractivity contribution >= 4 is 5.82 Å². The summed E-state index contributed by atoms with van der Waals surface area (Å²) in [5.74, 6) is 3.33. The van der Waals surface area contributed by atoms with Crippen LogP contribution in [0.25, 0.3) is 0 Å². The van der Waals surface area contributed by atoms with Gasteiger partial charge in [-0.3, -0.25) is 0 Å². The number of anilines is 1. The Bertz CT molecular complexity index is 444. The fourth-order valence-electron chi connectivity index (χ4n) is 3.32. The molecule has 0 bridgehead atoms. The molecule has 21 heavy (non-hydrogen) atoms. The Labute approximate surface area is 130 Å². The molecule has 1 N–H and O–H groups in total. The van der Waals surface area contributed by atoms with E-state index in [1.54, 1.807) is 0 Å². The molecule has 3 nitrogen and oxygen atoms in total. The van der Waals surface area contributed by atoms with E-state index in [0.29, 0.717) is 12.0 Å². The number of hydrogen-bond donors (Lipinski definition) is 1. The maximum absolute atomic E-state index is 4.71. The number of hydrogen-bond acceptors (Lipinski definition) is 3. The van der Waals surface area contributed by atoms with Gasteiger partial charge in [-0.2, -0.15) is 0 Å². The highest BCUT2D eigenvalue weighted by Gasteiger charge is 2.30. The first-order valence-corrected chi connectivity index (χ1v) is 8.40. The van der Waals surface area contributed by atoms with Crippen LogP contribution in [0.4, 0.5) is 5.82 Å². The van der Waals surface area contributed by atoms with Crippen LogP contribution < -0.4 is 10.2 Å². The molecule has 1 aromatic heterocycles. The number of aromatic nitrogens is 1. The van der Waals surface area contributed by atoms with Gasteiger partial charge in [-0.1, -0.05) is 33.8 Å². The monoisotopic (exact) mass is 289 g/mol. The normalized spacial score (nSPS) is 26.4. The molecule has 1 saturated heterocycles. The second kappa shape index (κ2) is 7.26. The predicted molar refractivity (Wildman–Crippen MR) is 90.5 cm³/mol. The van der Waals surface area contributed by atoms with Gasteiger partial charge < -0.3 is 10.2 Å². The Morgan fingerprint density at radius 3 is 2.81 bits per heavy atom. The first-order chi connectivity index (χ1) is 9.99. The van der Waals surface area contributed by atoms with Crippen LogP contribution in [0.5, 0.6) is 0 Å². The molecule has 0 spiro atoms. The Morgan fingerprint density at radius 1 is 1.33 bits per heavy atom. The smallest absolute Gasteiger partial charge is 0.133 e. The topological polar surface area (TPSA) is 28.2 Å². The quantitative estimate of drug-likeness (QED) is 0.896. The lowest BCUT2D eigenvalue weighted by molar-refractivity contribution is 0.295. The predicted octanol–water partition coefficient (Wildman–Crippen LogP) is 3.70. The van der Waals surface area contributed by atoms with Crippen molar-refractivity contribution in [3.05, 3.63) is 23.9 Å². The van der Waals surface area contributed by atoms with E-state index >= 15 is 0 Å². The van der Waals surface area contributed by atoms with Gasteiger partial charge >= 0.3 is 0 Å². The minimum absolute atomic E-state index is 0.569. The van der Waals surface area contributed by atoms with E-state index in [4.69, 9.17) is 4.98 Å². The van der Waals surface area contributed by atoms with Crippen LogP contribution in [0.15, 0.2) is 18.3 Å². The van der Waals surface area contributed by atoms with Crippen LogP contribution in [0, 0.1) is 17.8 Å². The van der Waals surface area contributed by atoms with E-state index in [9.17, 15) is 0 Å². The van der Waals surface area contributed by atoms with Gasteiger partial charge in [-0.15, -0.1) is 0 Å². The van der Waals surface area contributed by atoms with Crippen molar-refractivity contribution in [2.24, 2.45) is 17.8 Å². The fraction of sp³-hybridized carbons (Fsp3) is 0.722. The van der Waals surface area contributed by atoms with E-state index in [-0.39, 0.29) is 0 Å². The Balaban J connectivity index is 2.14. The van der Waals surface area contributed by atoms with E-state index in [1.165, 1.54) is 17.8 Å². The molecule has 3 atom stereocenters. The summed E-state index contributed by atoms with van der Waals surface area (Å²) >= 11 is 0.